The van der Waals surface area contributed by atoms with Gasteiger partial charge in [0.25, 0.3) is 11.8 Å². The number of nitrogens with one attached hydrogen (secondary N) is 2. The number of carbonyl (C=O) groups is 2. The molecule has 1 aliphatic heterocycles. The largest absolute Gasteiger partial charge is 0.479 e. The molecule has 4 rings (SSSR count). The molecule has 2 amide bonds. The summed E-state index contributed by atoms with van der Waals surface area (Å²) in [5, 5.41) is 10.1. The van der Waals surface area contributed by atoms with Crippen molar-refractivity contribution in [2.24, 2.45) is 0 Å². The molecule has 7 heteroatoms. The molecule has 1 atom stereocenters. The van der Waals surface area contributed by atoms with E-state index in [1.807, 2.05) is 38.1 Å². The third-order valence-corrected chi connectivity index (χ3v) is 4.90. The fourth-order valence-electron chi connectivity index (χ4n) is 3.30. The Morgan fingerprint density at radius 3 is 2.72 bits per heavy atom. The van der Waals surface area contributed by atoms with Crippen LogP contribution in [0.4, 0.5) is 11.4 Å². The summed E-state index contributed by atoms with van der Waals surface area (Å²) < 4.78 is 7.34. The maximum absolute atomic E-state index is 12.9. The second-order valence-corrected chi connectivity index (χ2v) is 7.02. The standard InChI is InChI=1S/C22H22N4O3/c1-4-19-17(12-23-26(19)16-8-5-13(2)6-9-16)22(28)24-15-7-10-20-18(11-15)25-21(27)14(3)29-20/h5-12,14H,4H2,1-3H3,(H,24,28)(H,25,27). The van der Waals surface area contributed by atoms with Crippen LogP contribution in [0.3, 0.4) is 0 Å². The molecule has 0 radical (unpaired) electrons. The van der Waals surface area contributed by atoms with Gasteiger partial charge in [-0.2, -0.15) is 5.10 Å². The van der Waals surface area contributed by atoms with Gasteiger partial charge >= 0.3 is 0 Å². The molecule has 0 saturated carbocycles. The molecule has 7 nitrogen and oxygen atoms in total. The monoisotopic (exact) mass is 390 g/mol. The SMILES string of the molecule is CCc1c(C(=O)Nc2ccc3c(c2)NC(=O)C(C)O3)cnn1-c1ccc(C)cc1. The molecule has 1 aliphatic rings. The average molecular weight is 390 g/mol. The van der Waals surface area contributed by atoms with Crippen LogP contribution in [0.25, 0.3) is 5.69 Å². The first-order valence-electron chi connectivity index (χ1n) is 9.53. The number of anilines is 2. The first-order valence-corrected chi connectivity index (χ1v) is 9.53. The van der Waals surface area contributed by atoms with Gasteiger partial charge in [0.2, 0.25) is 0 Å². The van der Waals surface area contributed by atoms with Crippen molar-refractivity contribution < 1.29 is 14.3 Å². The number of rotatable bonds is 4. The maximum Gasteiger partial charge on any atom is 0.265 e. The van der Waals surface area contributed by atoms with E-state index < -0.39 is 6.10 Å². The van der Waals surface area contributed by atoms with Gasteiger partial charge in [-0.1, -0.05) is 24.6 Å². The van der Waals surface area contributed by atoms with Gasteiger partial charge in [-0.25, -0.2) is 4.68 Å². The summed E-state index contributed by atoms with van der Waals surface area (Å²) in [4.78, 5) is 24.7. The van der Waals surface area contributed by atoms with Crippen LogP contribution >= 0.6 is 0 Å². The average Bonchev–Trinajstić information content (AvgIpc) is 3.14. The number of nitrogens with zero attached hydrogens (tertiary/aromatic N) is 2. The van der Waals surface area contributed by atoms with Crippen LogP contribution in [0.5, 0.6) is 5.75 Å². The topological polar surface area (TPSA) is 85.2 Å². The Morgan fingerprint density at radius 2 is 2.00 bits per heavy atom. The molecule has 0 bridgehead atoms. The van der Waals surface area contributed by atoms with Gasteiger partial charge in [-0.05, 0) is 50.6 Å². The Kier molecular flexibility index (Phi) is 4.80. The Bertz CT molecular complexity index is 1090. The van der Waals surface area contributed by atoms with Crippen molar-refractivity contribution in [2.45, 2.75) is 33.3 Å². The Morgan fingerprint density at radius 1 is 1.24 bits per heavy atom. The lowest BCUT2D eigenvalue weighted by Gasteiger charge is -2.23. The first kappa shape index (κ1) is 18.7. The number of benzene rings is 2. The molecule has 3 aromatic rings. The number of amides is 2. The number of carbonyl (C=O) groups excluding carboxylic acids is 2. The quantitative estimate of drug-likeness (QED) is 0.711. The normalized spacial score (nSPS) is 15.3. The van der Waals surface area contributed by atoms with E-state index in [1.54, 1.807) is 36.0 Å². The zero-order valence-corrected chi connectivity index (χ0v) is 16.5. The summed E-state index contributed by atoms with van der Waals surface area (Å²) in [6.45, 7) is 5.70. The van der Waals surface area contributed by atoms with E-state index in [0.717, 1.165) is 16.9 Å². The molecule has 2 heterocycles. The van der Waals surface area contributed by atoms with Crippen LogP contribution < -0.4 is 15.4 Å². The molecule has 148 valence electrons. The first-order chi connectivity index (χ1) is 14.0. The number of hydrogen-bond acceptors (Lipinski definition) is 4. The summed E-state index contributed by atoms with van der Waals surface area (Å²) in [6.07, 6.45) is 1.70. The van der Waals surface area contributed by atoms with E-state index in [9.17, 15) is 9.59 Å². The minimum absolute atomic E-state index is 0.214. The van der Waals surface area contributed by atoms with E-state index in [0.29, 0.717) is 29.1 Å². The molecular formula is C22H22N4O3. The molecule has 0 aliphatic carbocycles. The molecule has 0 saturated heterocycles. The van der Waals surface area contributed by atoms with Gasteiger partial charge < -0.3 is 15.4 Å². The predicted octanol–water partition coefficient (Wildman–Crippen LogP) is 3.71. The lowest BCUT2D eigenvalue weighted by atomic mass is 10.1. The van der Waals surface area contributed by atoms with Crippen LogP contribution in [0.1, 0.15) is 35.5 Å². The highest BCUT2D eigenvalue weighted by Gasteiger charge is 2.24. The number of ether oxygens (including phenoxy) is 1. The van der Waals surface area contributed by atoms with E-state index in [4.69, 9.17) is 4.74 Å². The number of aryl methyl sites for hydroxylation is 1. The maximum atomic E-state index is 12.9. The number of fused-ring (bicyclic) bond motifs is 1. The van der Waals surface area contributed by atoms with Crippen molar-refractivity contribution in [1.82, 2.24) is 9.78 Å². The van der Waals surface area contributed by atoms with E-state index in [2.05, 4.69) is 15.7 Å². The molecule has 0 fully saturated rings. The Balaban J connectivity index is 1.59. The molecule has 2 N–H and O–H groups in total. The zero-order valence-electron chi connectivity index (χ0n) is 16.5. The van der Waals surface area contributed by atoms with Crippen molar-refractivity contribution in [2.75, 3.05) is 10.6 Å². The van der Waals surface area contributed by atoms with Crippen LogP contribution in [0.2, 0.25) is 0 Å². The van der Waals surface area contributed by atoms with Gasteiger partial charge in [-0.3, -0.25) is 9.59 Å². The lowest BCUT2D eigenvalue weighted by molar-refractivity contribution is -0.122. The zero-order chi connectivity index (χ0) is 20.5. The molecule has 2 aromatic carbocycles. The minimum atomic E-state index is -0.539. The highest BCUT2D eigenvalue weighted by molar-refractivity contribution is 6.06. The summed E-state index contributed by atoms with van der Waals surface area (Å²) in [5.41, 5.74) is 4.52. The van der Waals surface area contributed by atoms with Crippen LogP contribution in [-0.4, -0.2) is 27.7 Å². The fourth-order valence-corrected chi connectivity index (χ4v) is 3.30. The summed E-state index contributed by atoms with van der Waals surface area (Å²) >= 11 is 0. The lowest BCUT2D eigenvalue weighted by Crippen LogP contribution is -2.34. The fraction of sp³-hybridized carbons (Fsp3) is 0.227. The van der Waals surface area contributed by atoms with E-state index in [1.165, 1.54) is 0 Å². The van der Waals surface area contributed by atoms with Crippen LogP contribution in [-0.2, 0) is 11.2 Å². The van der Waals surface area contributed by atoms with Crippen molar-refractivity contribution >= 4 is 23.2 Å². The van der Waals surface area contributed by atoms with Gasteiger partial charge in [0.15, 0.2) is 6.10 Å². The highest BCUT2D eigenvalue weighted by Crippen LogP contribution is 2.32. The predicted molar refractivity (Wildman–Crippen MR) is 111 cm³/mol. The van der Waals surface area contributed by atoms with Gasteiger partial charge in [0.05, 0.1) is 28.8 Å². The van der Waals surface area contributed by atoms with E-state index >= 15 is 0 Å². The van der Waals surface area contributed by atoms with Gasteiger partial charge in [0.1, 0.15) is 5.75 Å². The molecular weight excluding hydrogens is 368 g/mol. The van der Waals surface area contributed by atoms with Crippen molar-refractivity contribution in [1.29, 1.82) is 0 Å². The second kappa shape index (κ2) is 7.43. The smallest absolute Gasteiger partial charge is 0.265 e. The molecule has 1 aromatic heterocycles. The van der Waals surface area contributed by atoms with Crippen LogP contribution in [0, 0.1) is 6.92 Å². The summed E-state index contributed by atoms with van der Waals surface area (Å²) in [5.74, 6) is 0.113. The molecule has 0 spiro atoms. The van der Waals surface area contributed by atoms with Gasteiger partial charge in [0, 0.05) is 5.69 Å². The number of hydrogen-bond donors (Lipinski definition) is 2. The van der Waals surface area contributed by atoms with E-state index in [-0.39, 0.29) is 11.8 Å². The minimum Gasteiger partial charge on any atom is -0.479 e. The van der Waals surface area contributed by atoms with Crippen LogP contribution in [0.15, 0.2) is 48.7 Å². The summed E-state index contributed by atoms with van der Waals surface area (Å²) in [6, 6.07) is 13.2. The highest BCUT2D eigenvalue weighted by atomic mass is 16.5. The number of aromatic nitrogens is 2. The third-order valence-electron chi connectivity index (χ3n) is 4.90. The Hall–Kier alpha value is -3.61. The third kappa shape index (κ3) is 3.59. The van der Waals surface area contributed by atoms with Gasteiger partial charge in [-0.15, -0.1) is 0 Å². The van der Waals surface area contributed by atoms with Crippen molar-refractivity contribution in [3.05, 3.63) is 65.5 Å². The summed E-state index contributed by atoms with van der Waals surface area (Å²) in [7, 11) is 0. The van der Waals surface area contributed by atoms with Crippen molar-refractivity contribution in [3.63, 3.8) is 0 Å². The second-order valence-electron chi connectivity index (χ2n) is 7.02. The molecule has 29 heavy (non-hydrogen) atoms. The Labute approximate surface area is 168 Å². The molecule has 1 unspecified atom stereocenters. The van der Waals surface area contributed by atoms with Crippen molar-refractivity contribution in [3.8, 4) is 11.4 Å².